The third kappa shape index (κ3) is 3.01. The van der Waals surface area contributed by atoms with Gasteiger partial charge in [-0.1, -0.05) is 24.3 Å². The number of aliphatic imine (C=N–C) groups is 1. The molecule has 0 bridgehead atoms. The van der Waals surface area contributed by atoms with Gasteiger partial charge in [0, 0.05) is 5.56 Å². The van der Waals surface area contributed by atoms with Crippen LogP contribution in [0, 0.1) is 13.8 Å². The van der Waals surface area contributed by atoms with E-state index in [0.717, 1.165) is 28.2 Å². The number of nitrogen functional groups attached to an aromatic ring is 2. The van der Waals surface area contributed by atoms with Crippen LogP contribution in [0.5, 0.6) is 0 Å². The summed E-state index contributed by atoms with van der Waals surface area (Å²) in [4.78, 5) is 4.90. The molecule has 0 atom stereocenters. The summed E-state index contributed by atoms with van der Waals surface area (Å²) < 4.78 is 0. The molecular formula is C19H20N8. The van der Waals surface area contributed by atoms with Gasteiger partial charge in [0.05, 0.1) is 29.3 Å². The summed E-state index contributed by atoms with van der Waals surface area (Å²) in [5.41, 5.74) is 18.8. The molecule has 0 fully saturated rings. The lowest BCUT2D eigenvalue weighted by Crippen LogP contribution is -2.19. The third-order valence-electron chi connectivity index (χ3n) is 4.66. The smallest absolute Gasteiger partial charge is 0.175 e. The molecule has 8 heteroatoms. The zero-order chi connectivity index (χ0) is 19.0. The maximum absolute atomic E-state index is 5.78. The van der Waals surface area contributed by atoms with Gasteiger partial charge in [0.15, 0.2) is 11.5 Å². The second kappa shape index (κ2) is 6.56. The van der Waals surface area contributed by atoms with Crippen molar-refractivity contribution in [2.24, 2.45) is 15.2 Å². The molecule has 2 heterocycles. The first-order chi connectivity index (χ1) is 13.0. The highest BCUT2D eigenvalue weighted by Crippen LogP contribution is 2.36. The van der Waals surface area contributed by atoms with Gasteiger partial charge in [0.2, 0.25) is 0 Å². The summed E-state index contributed by atoms with van der Waals surface area (Å²) in [5.74, 6) is 0.496. The van der Waals surface area contributed by atoms with E-state index in [9.17, 15) is 0 Å². The number of anilines is 3. The van der Waals surface area contributed by atoms with Gasteiger partial charge in [-0.3, -0.25) is 5.10 Å². The molecule has 3 aromatic rings. The fourth-order valence-corrected chi connectivity index (χ4v) is 2.97. The van der Waals surface area contributed by atoms with E-state index in [-0.39, 0.29) is 11.6 Å². The number of nitrogens with zero attached hydrogens (tertiary/aromatic N) is 4. The predicted molar refractivity (Wildman–Crippen MR) is 109 cm³/mol. The average molecular weight is 360 g/mol. The molecule has 136 valence electrons. The predicted octanol–water partition coefficient (Wildman–Crippen LogP) is 4.15. The van der Waals surface area contributed by atoms with E-state index < -0.39 is 0 Å². The molecule has 6 N–H and O–H groups in total. The number of aromatic amines is 1. The van der Waals surface area contributed by atoms with Crippen LogP contribution in [0.15, 0.2) is 51.6 Å². The molecule has 1 aliphatic rings. The minimum atomic E-state index is 0.213. The maximum atomic E-state index is 5.78. The number of aryl methyl sites for hydroxylation is 1. The van der Waals surface area contributed by atoms with Crippen molar-refractivity contribution in [2.45, 2.75) is 13.8 Å². The number of hydrogen-bond acceptors (Lipinski definition) is 7. The van der Waals surface area contributed by atoms with Crippen molar-refractivity contribution >= 4 is 40.1 Å². The van der Waals surface area contributed by atoms with Gasteiger partial charge in [0.25, 0.3) is 0 Å². The first-order valence-corrected chi connectivity index (χ1v) is 8.56. The largest absolute Gasteiger partial charge is 0.382 e. The minimum Gasteiger partial charge on any atom is -0.382 e. The highest BCUT2D eigenvalue weighted by molar-refractivity contribution is 6.10. The highest BCUT2D eigenvalue weighted by Gasteiger charge is 2.18. The van der Waals surface area contributed by atoms with Crippen LogP contribution < -0.4 is 16.8 Å². The van der Waals surface area contributed by atoms with Crippen LogP contribution >= 0.6 is 0 Å². The number of nitrogens with two attached hydrogens (primary N) is 2. The molecule has 0 unspecified atom stereocenters. The van der Waals surface area contributed by atoms with Gasteiger partial charge >= 0.3 is 0 Å². The normalized spacial score (nSPS) is 13.3. The zero-order valence-electron chi connectivity index (χ0n) is 15.1. The van der Waals surface area contributed by atoms with Crippen molar-refractivity contribution in [1.29, 1.82) is 0 Å². The molecule has 8 nitrogen and oxygen atoms in total. The number of rotatable bonds is 3. The number of H-pyrrole nitrogens is 1. The number of fused-ring (bicyclic) bond motifs is 1. The molecule has 0 radical (unpaired) electrons. The maximum Gasteiger partial charge on any atom is 0.175 e. The summed E-state index contributed by atoms with van der Waals surface area (Å²) >= 11 is 0. The van der Waals surface area contributed by atoms with Gasteiger partial charge < -0.3 is 16.8 Å². The van der Waals surface area contributed by atoms with E-state index in [1.165, 1.54) is 5.56 Å². The van der Waals surface area contributed by atoms with Crippen LogP contribution in [0.1, 0.15) is 16.7 Å². The Bertz CT molecular complexity index is 1060. The van der Waals surface area contributed by atoms with Crippen LogP contribution in [0.25, 0.3) is 0 Å². The average Bonchev–Trinajstić information content (AvgIpc) is 3.01. The van der Waals surface area contributed by atoms with Gasteiger partial charge in [-0.15, -0.1) is 10.2 Å². The molecule has 1 aliphatic heterocycles. The van der Waals surface area contributed by atoms with Crippen LogP contribution in [0.2, 0.25) is 0 Å². The Balaban J connectivity index is 1.76. The molecule has 1 aromatic heterocycles. The monoisotopic (exact) mass is 360 g/mol. The number of azo groups is 1. The van der Waals surface area contributed by atoms with Crippen LogP contribution in [0.4, 0.5) is 34.4 Å². The Morgan fingerprint density at radius 3 is 2.63 bits per heavy atom. The number of aromatic nitrogens is 2. The van der Waals surface area contributed by atoms with Crippen molar-refractivity contribution in [2.75, 3.05) is 23.3 Å². The molecule has 0 spiro atoms. The molecule has 0 amide bonds. The van der Waals surface area contributed by atoms with E-state index in [4.69, 9.17) is 16.5 Å². The standard InChI is InChI=1S/C19H20N8/c1-10-7-8-14-16(11(10)2)23-15(9-22-14)12-5-3-4-6-13(12)24-25-17-18(20)26-27-19(17)21/h3-8,22H,9H2,1-2H3,(H5,20,21,26,27). The number of benzene rings is 2. The van der Waals surface area contributed by atoms with Crippen molar-refractivity contribution in [3.63, 3.8) is 0 Å². The summed E-state index contributed by atoms with van der Waals surface area (Å²) in [6.45, 7) is 4.78. The summed E-state index contributed by atoms with van der Waals surface area (Å²) in [7, 11) is 0. The van der Waals surface area contributed by atoms with Crippen molar-refractivity contribution in [3.05, 3.63) is 53.1 Å². The fourth-order valence-electron chi connectivity index (χ4n) is 2.97. The quantitative estimate of drug-likeness (QED) is 0.523. The van der Waals surface area contributed by atoms with Crippen molar-refractivity contribution < 1.29 is 0 Å². The van der Waals surface area contributed by atoms with Crippen LogP contribution in [-0.2, 0) is 0 Å². The lowest BCUT2D eigenvalue weighted by molar-refractivity contribution is 1.11. The Morgan fingerprint density at radius 2 is 1.85 bits per heavy atom. The Kier molecular flexibility index (Phi) is 4.08. The lowest BCUT2D eigenvalue weighted by Gasteiger charge is -2.21. The molecule has 0 aliphatic carbocycles. The number of nitrogens with one attached hydrogen (secondary N) is 2. The van der Waals surface area contributed by atoms with E-state index in [0.29, 0.717) is 17.9 Å². The fraction of sp³-hybridized carbons (Fsp3) is 0.158. The molecule has 0 saturated carbocycles. The molecule has 4 rings (SSSR count). The third-order valence-corrected chi connectivity index (χ3v) is 4.66. The highest BCUT2D eigenvalue weighted by atomic mass is 15.2. The Hall–Kier alpha value is -3.68. The van der Waals surface area contributed by atoms with Gasteiger partial charge in [-0.25, -0.2) is 4.99 Å². The zero-order valence-corrected chi connectivity index (χ0v) is 15.1. The molecular weight excluding hydrogens is 340 g/mol. The van der Waals surface area contributed by atoms with E-state index in [2.05, 4.69) is 51.7 Å². The van der Waals surface area contributed by atoms with Gasteiger partial charge in [-0.2, -0.15) is 5.10 Å². The van der Waals surface area contributed by atoms with Gasteiger partial charge in [-0.05, 0) is 37.1 Å². The van der Waals surface area contributed by atoms with E-state index >= 15 is 0 Å². The lowest BCUT2D eigenvalue weighted by atomic mass is 10.0. The molecule has 27 heavy (non-hydrogen) atoms. The Morgan fingerprint density at radius 1 is 1.04 bits per heavy atom. The SMILES string of the molecule is Cc1ccc2c(c1C)N=C(c1ccccc1N=Nc1c(N)n[nH]c1N)CN2. The number of hydrogen-bond donors (Lipinski definition) is 4. The van der Waals surface area contributed by atoms with Gasteiger partial charge in [0.1, 0.15) is 5.82 Å². The second-order valence-electron chi connectivity index (χ2n) is 6.40. The van der Waals surface area contributed by atoms with Crippen LogP contribution in [-0.4, -0.2) is 22.5 Å². The van der Waals surface area contributed by atoms with Crippen LogP contribution in [0.3, 0.4) is 0 Å². The topological polar surface area (TPSA) is 130 Å². The van der Waals surface area contributed by atoms with Crippen molar-refractivity contribution in [1.82, 2.24) is 10.2 Å². The first kappa shape index (κ1) is 16.8. The molecule has 0 saturated heterocycles. The van der Waals surface area contributed by atoms with Crippen molar-refractivity contribution in [3.8, 4) is 0 Å². The summed E-state index contributed by atoms with van der Waals surface area (Å²) in [6.07, 6.45) is 0. The summed E-state index contributed by atoms with van der Waals surface area (Å²) in [6, 6.07) is 11.9. The van der Waals surface area contributed by atoms with E-state index in [1.807, 2.05) is 24.3 Å². The molecule has 2 aromatic carbocycles. The van der Waals surface area contributed by atoms with E-state index in [1.54, 1.807) is 0 Å². The Labute approximate surface area is 156 Å². The summed E-state index contributed by atoms with van der Waals surface area (Å²) in [5, 5.41) is 18.4. The second-order valence-corrected chi connectivity index (χ2v) is 6.40. The minimum absolute atomic E-state index is 0.213. The first-order valence-electron chi connectivity index (χ1n) is 8.56.